The first-order valence-corrected chi connectivity index (χ1v) is 9.24. The minimum atomic E-state index is -0.493. The number of hydrogen-bond acceptors (Lipinski definition) is 6. The number of halogens is 2. The third kappa shape index (κ3) is 3.85. The van der Waals surface area contributed by atoms with Crippen molar-refractivity contribution in [1.29, 1.82) is 0 Å². The van der Waals surface area contributed by atoms with Crippen molar-refractivity contribution < 1.29 is 18.8 Å². The highest BCUT2D eigenvalue weighted by atomic mass is 35.5. The number of carbonyl (C=O) groups is 3. The fourth-order valence-corrected chi connectivity index (χ4v) is 3.33. The van der Waals surface area contributed by atoms with Crippen molar-refractivity contribution in [2.24, 2.45) is 0 Å². The number of rotatable bonds is 4. The number of amides is 3. The summed E-state index contributed by atoms with van der Waals surface area (Å²) in [6, 6.07) is 10.7. The molecule has 10 heteroatoms. The second kappa shape index (κ2) is 7.65. The summed E-state index contributed by atoms with van der Waals surface area (Å²) in [5.41, 5.74) is 1.19. The molecule has 1 N–H and O–H groups in total. The van der Waals surface area contributed by atoms with Gasteiger partial charge >= 0.3 is 6.01 Å². The van der Waals surface area contributed by atoms with E-state index in [1.54, 1.807) is 12.1 Å². The van der Waals surface area contributed by atoms with Crippen molar-refractivity contribution >= 4 is 52.6 Å². The maximum absolute atomic E-state index is 12.4. The molecule has 8 nitrogen and oxygen atoms in total. The van der Waals surface area contributed by atoms with Gasteiger partial charge in [0, 0.05) is 23.4 Å². The van der Waals surface area contributed by atoms with E-state index in [2.05, 4.69) is 15.5 Å². The topological polar surface area (TPSA) is 105 Å². The lowest BCUT2D eigenvalue weighted by atomic mass is 10.2. The van der Waals surface area contributed by atoms with Crippen LogP contribution in [0.5, 0.6) is 0 Å². The summed E-state index contributed by atoms with van der Waals surface area (Å²) >= 11 is 12.0. The lowest BCUT2D eigenvalue weighted by Gasteiger charge is -2.13. The van der Waals surface area contributed by atoms with Crippen molar-refractivity contribution in [3.05, 3.63) is 58.1 Å². The second-order valence-corrected chi connectivity index (χ2v) is 7.00. The van der Waals surface area contributed by atoms with Crippen molar-refractivity contribution in [2.45, 2.75) is 12.8 Å². The first-order valence-electron chi connectivity index (χ1n) is 8.48. The van der Waals surface area contributed by atoms with Crippen LogP contribution in [0.25, 0.3) is 11.5 Å². The average Bonchev–Trinajstić information content (AvgIpc) is 3.28. The van der Waals surface area contributed by atoms with Crippen molar-refractivity contribution in [1.82, 2.24) is 10.2 Å². The molecule has 4 rings (SSSR count). The molecule has 0 aliphatic carbocycles. The number of benzene rings is 2. The summed E-state index contributed by atoms with van der Waals surface area (Å²) in [6.45, 7) is 0. The van der Waals surface area contributed by atoms with Gasteiger partial charge in [0.25, 0.3) is 11.8 Å². The number of nitrogens with zero attached hydrogens (tertiary/aromatic N) is 3. The second-order valence-electron chi connectivity index (χ2n) is 6.16. The number of nitrogens with one attached hydrogen (secondary N) is 1. The van der Waals surface area contributed by atoms with Gasteiger partial charge in [0.15, 0.2) is 0 Å². The van der Waals surface area contributed by atoms with Gasteiger partial charge in [0.05, 0.1) is 16.3 Å². The maximum Gasteiger partial charge on any atom is 0.322 e. The molecule has 3 amide bonds. The number of carbonyl (C=O) groups excluding carboxylic acids is 3. The first kappa shape index (κ1) is 19.1. The predicted octanol–water partition coefficient (Wildman–Crippen LogP) is 3.95. The Morgan fingerprint density at radius 3 is 2.34 bits per heavy atom. The van der Waals surface area contributed by atoms with E-state index in [1.165, 1.54) is 30.3 Å². The van der Waals surface area contributed by atoms with Crippen LogP contribution < -0.4 is 10.2 Å². The Hall–Kier alpha value is -3.23. The Kier molecular flexibility index (Phi) is 5.04. The quantitative estimate of drug-likeness (QED) is 0.628. The lowest BCUT2D eigenvalue weighted by Crippen LogP contribution is -2.28. The van der Waals surface area contributed by atoms with E-state index in [1.807, 2.05) is 0 Å². The zero-order chi connectivity index (χ0) is 20.5. The fourth-order valence-electron chi connectivity index (χ4n) is 2.84. The van der Waals surface area contributed by atoms with E-state index < -0.39 is 5.91 Å². The van der Waals surface area contributed by atoms with Crippen molar-refractivity contribution in [2.75, 3.05) is 10.2 Å². The molecule has 0 saturated carbocycles. The van der Waals surface area contributed by atoms with Crippen LogP contribution in [-0.4, -0.2) is 27.9 Å². The first-order chi connectivity index (χ1) is 13.9. The smallest absolute Gasteiger partial charge is 0.322 e. The minimum absolute atomic E-state index is 0.106. The molecular weight excluding hydrogens is 419 g/mol. The molecule has 1 aliphatic rings. The lowest BCUT2D eigenvalue weighted by molar-refractivity contribution is -0.121. The Morgan fingerprint density at radius 2 is 1.69 bits per heavy atom. The van der Waals surface area contributed by atoms with Crippen LogP contribution in [0.2, 0.25) is 10.0 Å². The minimum Gasteiger partial charge on any atom is -0.403 e. The van der Waals surface area contributed by atoms with Gasteiger partial charge in [-0.05, 0) is 42.5 Å². The zero-order valence-electron chi connectivity index (χ0n) is 14.7. The largest absolute Gasteiger partial charge is 0.403 e. The highest BCUT2D eigenvalue weighted by Gasteiger charge is 2.30. The van der Waals surface area contributed by atoms with E-state index in [0.29, 0.717) is 21.3 Å². The fraction of sp³-hybridized carbons (Fsp3) is 0.105. The van der Waals surface area contributed by atoms with Gasteiger partial charge in [-0.2, -0.15) is 0 Å². The van der Waals surface area contributed by atoms with E-state index >= 15 is 0 Å². The molecule has 0 unspecified atom stereocenters. The molecule has 2 aromatic carbocycles. The summed E-state index contributed by atoms with van der Waals surface area (Å²) in [5.74, 6) is -0.880. The van der Waals surface area contributed by atoms with Crippen LogP contribution in [0.1, 0.15) is 23.2 Å². The predicted molar refractivity (Wildman–Crippen MR) is 106 cm³/mol. The van der Waals surface area contributed by atoms with Gasteiger partial charge in [0.1, 0.15) is 0 Å². The summed E-state index contributed by atoms with van der Waals surface area (Å²) in [7, 11) is 0. The molecule has 1 fully saturated rings. The van der Waals surface area contributed by atoms with E-state index in [-0.39, 0.29) is 42.1 Å². The number of anilines is 2. The van der Waals surface area contributed by atoms with E-state index in [0.717, 1.165) is 4.90 Å². The summed E-state index contributed by atoms with van der Waals surface area (Å²) in [4.78, 5) is 37.1. The molecule has 0 atom stereocenters. The van der Waals surface area contributed by atoms with E-state index in [9.17, 15) is 14.4 Å². The highest BCUT2D eigenvalue weighted by Crippen LogP contribution is 2.30. The molecule has 1 saturated heterocycles. The molecule has 0 bridgehead atoms. The van der Waals surface area contributed by atoms with Crippen molar-refractivity contribution in [3.8, 4) is 11.5 Å². The van der Waals surface area contributed by atoms with Gasteiger partial charge < -0.3 is 4.42 Å². The number of imide groups is 1. The number of aromatic nitrogens is 2. The molecular formula is C19H12Cl2N4O4. The summed E-state index contributed by atoms with van der Waals surface area (Å²) < 4.78 is 5.44. The van der Waals surface area contributed by atoms with Crippen LogP contribution in [0, 0.1) is 0 Å². The molecule has 146 valence electrons. The summed E-state index contributed by atoms with van der Waals surface area (Å²) in [5, 5.41) is 10.9. The van der Waals surface area contributed by atoms with Gasteiger partial charge in [-0.3, -0.25) is 24.6 Å². The van der Waals surface area contributed by atoms with Gasteiger partial charge in [0.2, 0.25) is 11.8 Å². The van der Waals surface area contributed by atoms with Gasteiger partial charge in [-0.15, -0.1) is 5.10 Å². The normalized spacial score (nSPS) is 13.8. The third-order valence-corrected chi connectivity index (χ3v) is 4.79. The number of hydrogen-bond donors (Lipinski definition) is 1. The zero-order valence-corrected chi connectivity index (χ0v) is 16.2. The molecule has 1 aromatic heterocycles. The molecule has 29 heavy (non-hydrogen) atoms. The summed E-state index contributed by atoms with van der Waals surface area (Å²) in [6.07, 6.45) is 0.385. The molecule has 3 aromatic rings. The standard InChI is InChI=1S/C19H12Cl2N4O4/c20-11-3-6-13(14(21)9-11)18-23-24-19(29-18)22-17(28)10-1-4-12(5-2-10)25-15(26)7-8-16(25)27/h1-6,9H,7-8H2,(H,22,24,28). The highest BCUT2D eigenvalue weighted by molar-refractivity contribution is 6.36. The van der Waals surface area contributed by atoms with Crippen molar-refractivity contribution in [3.63, 3.8) is 0 Å². The molecule has 1 aliphatic heterocycles. The van der Waals surface area contributed by atoms with E-state index in [4.69, 9.17) is 27.6 Å². The Bertz CT molecular complexity index is 1110. The van der Waals surface area contributed by atoms with Crippen LogP contribution >= 0.6 is 23.2 Å². The maximum atomic E-state index is 12.4. The third-order valence-electron chi connectivity index (χ3n) is 4.25. The Labute approximate surface area is 174 Å². The van der Waals surface area contributed by atoms with Gasteiger partial charge in [-0.1, -0.05) is 28.3 Å². The van der Waals surface area contributed by atoms with Gasteiger partial charge in [-0.25, -0.2) is 0 Å². The Balaban J connectivity index is 1.48. The van der Waals surface area contributed by atoms with Crippen LogP contribution in [0.4, 0.5) is 11.7 Å². The average molecular weight is 431 g/mol. The molecule has 2 heterocycles. The van der Waals surface area contributed by atoms with Crippen LogP contribution in [-0.2, 0) is 9.59 Å². The van der Waals surface area contributed by atoms with Crippen LogP contribution in [0.3, 0.4) is 0 Å². The molecule has 0 radical (unpaired) electrons. The molecule has 0 spiro atoms. The monoisotopic (exact) mass is 430 g/mol. The van der Waals surface area contributed by atoms with Crippen LogP contribution in [0.15, 0.2) is 46.9 Å². The SMILES string of the molecule is O=C(Nc1nnc(-c2ccc(Cl)cc2Cl)o1)c1ccc(N2C(=O)CCC2=O)cc1. The Morgan fingerprint density at radius 1 is 1.00 bits per heavy atom.